The topological polar surface area (TPSA) is 84.4 Å². The fourth-order valence-electron chi connectivity index (χ4n) is 8.42. The number of hydrogen-bond acceptors (Lipinski definition) is 6. The third-order valence-corrected chi connectivity index (χ3v) is 12.8. The molecular formula is C39H52N4O4S. The number of fused-ring (bicyclic) bond motifs is 1. The molecule has 5 rings (SSSR count). The summed E-state index contributed by atoms with van der Waals surface area (Å²) in [6, 6.07) is 16.4. The van der Waals surface area contributed by atoms with Gasteiger partial charge in [0.1, 0.15) is 6.04 Å². The first-order valence-corrected chi connectivity index (χ1v) is 18.2. The quantitative estimate of drug-likeness (QED) is 0.242. The van der Waals surface area contributed by atoms with Crippen molar-refractivity contribution in [2.75, 3.05) is 42.6 Å². The van der Waals surface area contributed by atoms with Gasteiger partial charge in [0.15, 0.2) is 0 Å². The minimum absolute atomic E-state index is 0.0817. The van der Waals surface area contributed by atoms with Crippen molar-refractivity contribution in [3.8, 4) is 0 Å². The molecule has 3 heterocycles. The molecule has 2 aromatic rings. The summed E-state index contributed by atoms with van der Waals surface area (Å²) in [4.78, 5) is 52.2. The van der Waals surface area contributed by atoms with E-state index in [4.69, 9.17) is 0 Å². The highest BCUT2D eigenvalue weighted by Crippen LogP contribution is 2.72. The molecule has 3 aliphatic rings. The number of carbonyl (C=O) groups excluding carboxylic acids is 3. The van der Waals surface area contributed by atoms with Crippen LogP contribution in [0.3, 0.4) is 0 Å². The van der Waals surface area contributed by atoms with Gasteiger partial charge in [-0.1, -0.05) is 56.3 Å². The van der Waals surface area contributed by atoms with Gasteiger partial charge in [0.25, 0.3) is 5.91 Å². The summed E-state index contributed by atoms with van der Waals surface area (Å²) < 4.78 is -1.32. The summed E-state index contributed by atoms with van der Waals surface area (Å²) in [6.07, 6.45) is 4.80. The zero-order valence-electron chi connectivity index (χ0n) is 29.2. The molecule has 0 radical (unpaired) electrons. The average molecular weight is 673 g/mol. The molecule has 9 heteroatoms. The van der Waals surface area contributed by atoms with E-state index in [2.05, 4.69) is 38.8 Å². The lowest BCUT2D eigenvalue weighted by Gasteiger charge is -2.40. The molecule has 2 aromatic carbocycles. The molecule has 2 unspecified atom stereocenters. The van der Waals surface area contributed by atoms with E-state index in [1.165, 1.54) is 0 Å². The van der Waals surface area contributed by atoms with Crippen LogP contribution in [0.15, 0.2) is 79.9 Å². The standard InChI is InChI=1S/C39H52N4O4S/c1-8-23-41(25-28-15-13-12-14-16-28)35(45)32-33-36(46)43(31(26-44)27(5)6)34(39(33)22-21-38(32,7)48-39)37(47)42(24-9-2)30-19-17-29(18-20-30)40(10-3)11-4/h8-9,12-20,27,31-34,44H,1-2,10-11,21-26H2,3-7H3/t31-,32+,33-,34?,38-,39?/m0/s1. The van der Waals surface area contributed by atoms with Crippen molar-refractivity contribution < 1.29 is 19.5 Å². The van der Waals surface area contributed by atoms with E-state index in [0.29, 0.717) is 25.9 Å². The van der Waals surface area contributed by atoms with E-state index in [9.17, 15) is 14.7 Å². The van der Waals surface area contributed by atoms with Crippen LogP contribution < -0.4 is 9.80 Å². The van der Waals surface area contributed by atoms with Crippen molar-refractivity contribution in [3.63, 3.8) is 0 Å². The first-order valence-electron chi connectivity index (χ1n) is 17.4. The van der Waals surface area contributed by atoms with Crippen molar-refractivity contribution in [1.29, 1.82) is 0 Å². The van der Waals surface area contributed by atoms with Crippen molar-refractivity contribution in [1.82, 2.24) is 9.80 Å². The lowest BCUT2D eigenvalue weighted by atomic mass is 9.66. The summed E-state index contributed by atoms with van der Waals surface area (Å²) in [5.74, 6) is -1.88. The Balaban J connectivity index is 1.58. The number of benzene rings is 2. The molecule has 3 fully saturated rings. The Bertz CT molecular complexity index is 1500. The zero-order chi connectivity index (χ0) is 34.8. The molecule has 3 saturated heterocycles. The summed E-state index contributed by atoms with van der Waals surface area (Å²) in [5, 5.41) is 10.7. The second-order valence-electron chi connectivity index (χ2n) is 13.9. The van der Waals surface area contributed by atoms with E-state index in [-0.39, 0.29) is 36.8 Å². The zero-order valence-corrected chi connectivity index (χ0v) is 30.0. The smallest absolute Gasteiger partial charge is 0.251 e. The molecule has 48 heavy (non-hydrogen) atoms. The highest BCUT2D eigenvalue weighted by molar-refractivity contribution is 8.02. The predicted molar refractivity (Wildman–Crippen MR) is 196 cm³/mol. The molecule has 258 valence electrons. The first kappa shape index (κ1) is 35.7. The van der Waals surface area contributed by atoms with Gasteiger partial charge in [-0.15, -0.1) is 24.9 Å². The number of aliphatic hydroxyl groups is 1. The van der Waals surface area contributed by atoms with Crippen LogP contribution in [0.2, 0.25) is 0 Å². The molecule has 3 aliphatic heterocycles. The molecule has 1 spiro atoms. The Morgan fingerprint density at radius 1 is 0.979 bits per heavy atom. The Morgan fingerprint density at radius 2 is 1.60 bits per heavy atom. The van der Waals surface area contributed by atoms with Gasteiger partial charge >= 0.3 is 0 Å². The molecule has 0 aliphatic carbocycles. The maximum Gasteiger partial charge on any atom is 0.251 e. The molecule has 0 aromatic heterocycles. The van der Waals surface area contributed by atoms with Crippen LogP contribution in [0, 0.1) is 17.8 Å². The van der Waals surface area contributed by atoms with Gasteiger partial charge in [0, 0.05) is 48.8 Å². The fourth-order valence-corrected chi connectivity index (χ4v) is 10.7. The van der Waals surface area contributed by atoms with Crippen molar-refractivity contribution >= 4 is 40.9 Å². The predicted octanol–water partition coefficient (Wildman–Crippen LogP) is 5.76. The molecule has 3 amide bonds. The highest BCUT2D eigenvalue weighted by Gasteiger charge is 2.78. The van der Waals surface area contributed by atoms with Crippen LogP contribution in [-0.4, -0.2) is 87.0 Å². The van der Waals surface area contributed by atoms with E-state index >= 15 is 4.79 Å². The fraction of sp³-hybridized carbons (Fsp3) is 0.513. The van der Waals surface area contributed by atoms with Gasteiger partial charge in [-0.25, -0.2) is 0 Å². The summed E-state index contributed by atoms with van der Waals surface area (Å²) >= 11 is 1.66. The molecular weight excluding hydrogens is 621 g/mol. The summed E-state index contributed by atoms with van der Waals surface area (Å²) in [6.45, 7) is 20.7. The van der Waals surface area contributed by atoms with Gasteiger partial charge in [0.2, 0.25) is 11.8 Å². The van der Waals surface area contributed by atoms with Crippen LogP contribution in [-0.2, 0) is 20.9 Å². The second kappa shape index (κ2) is 14.5. The monoisotopic (exact) mass is 672 g/mol. The van der Waals surface area contributed by atoms with Gasteiger partial charge in [-0.2, -0.15) is 0 Å². The number of amides is 3. The van der Waals surface area contributed by atoms with Crippen LogP contribution in [0.5, 0.6) is 0 Å². The summed E-state index contributed by atoms with van der Waals surface area (Å²) in [5.41, 5.74) is 2.80. The van der Waals surface area contributed by atoms with Crippen LogP contribution in [0.4, 0.5) is 11.4 Å². The van der Waals surface area contributed by atoms with E-state index < -0.39 is 33.4 Å². The average Bonchev–Trinajstić information content (AvgIpc) is 3.65. The lowest BCUT2D eigenvalue weighted by Crippen LogP contribution is -2.58. The molecule has 2 bridgehead atoms. The van der Waals surface area contributed by atoms with Crippen molar-refractivity contribution in [3.05, 3.63) is 85.5 Å². The first-order chi connectivity index (χ1) is 23.0. The summed E-state index contributed by atoms with van der Waals surface area (Å²) in [7, 11) is 0. The number of likely N-dealkylation sites (tertiary alicyclic amines) is 1. The highest BCUT2D eigenvalue weighted by atomic mass is 32.2. The number of anilines is 2. The Morgan fingerprint density at radius 3 is 2.17 bits per heavy atom. The number of nitrogens with zero attached hydrogens (tertiary/aromatic N) is 4. The van der Waals surface area contributed by atoms with Gasteiger partial charge < -0.3 is 24.7 Å². The third-order valence-electron chi connectivity index (χ3n) is 10.8. The second-order valence-corrected chi connectivity index (χ2v) is 15.8. The third kappa shape index (κ3) is 6.09. The van der Waals surface area contributed by atoms with Gasteiger partial charge in [-0.05, 0) is 69.4 Å². The van der Waals surface area contributed by atoms with E-state index in [1.807, 2.05) is 68.4 Å². The normalized spacial score (nSPS) is 26.4. The molecule has 0 saturated carbocycles. The van der Waals surface area contributed by atoms with E-state index in [1.54, 1.807) is 38.6 Å². The van der Waals surface area contributed by atoms with Gasteiger partial charge in [0.05, 0.1) is 29.2 Å². The van der Waals surface area contributed by atoms with Gasteiger partial charge in [-0.3, -0.25) is 14.4 Å². The minimum Gasteiger partial charge on any atom is -0.394 e. The Kier molecular flexibility index (Phi) is 10.8. The van der Waals surface area contributed by atoms with E-state index in [0.717, 1.165) is 30.0 Å². The maximum absolute atomic E-state index is 15.1. The van der Waals surface area contributed by atoms with Crippen molar-refractivity contribution in [2.45, 2.75) is 75.6 Å². The molecule has 6 atom stereocenters. The number of thioether (sulfide) groups is 1. The molecule has 8 nitrogen and oxygen atoms in total. The maximum atomic E-state index is 15.1. The number of hydrogen-bond donors (Lipinski definition) is 1. The largest absolute Gasteiger partial charge is 0.394 e. The minimum atomic E-state index is -0.844. The van der Waals surface area contributed by atoms with Crippen molar-refractivity contribution in [2.24, 2.45) is 17.8 Å². The lowest BCUT2D eigenvalue weighted by molar-refractivity contribution is -0.147. The van der Waals surface area contributed by atoms with Crippen LogP contribution in [0.25, 0.3) is 0 Å². The Labute approximate surface area is 290 Å². The number of carbonyl (C=O) groups is 3. The molecule has 1 N–H and O–H groups in total. The van der Waals surface area contributed by atoms with Crippen LogP contribution >= 0.6 is 11.8 Å². The van der Waals surface area contributed by atoms with Crippen LogP contribution in [0.1, 0.15) is 53.0 Å². The number of aliphatic hydroxyl groups excluding tert-OH is 1. The Hall–Kier alpha value is -3.56. The number of rotatable bonds is 15. The SMILES string of the molecule is C=CCN(Cc1ccccc1)C(=O)[C@H]1[C@H]2C(=O)N([C@@H](CO)C(C)C)C(C(=O)N(CC=C)c3ccc(N(CC)CC)cc3)C23CC[C@]1(C)S3.